The second-order valence-corrected chi connectivity index (χ2v) is 12.4. The molecule has 0 fully saturated rings. The molecule has 0 aliphatic rings. The Morgan fingerprint density at radius 2 is 1.06 bits per heavy atom. The summed E-state index contributed by atoms with van der Waals surface area (Å²) < 4.78 is 5.35. The topological polar surface area (TPSA) is 258 Å². The van der Waals surface area contributed by atoms with Gasteiger partial charge in [-0.05, 0) is 73.9 Å². The molecule has 2 rings (SSSR count). The molecule has 49 heavy (non-hydrogen) atoms. The quantitative estimate of drug-likeness (QED) is 0.0399. The fourth-order valence-corrected chi connectivity index (χ4v) is 5.27. The molecule has 14 heteroatoms. The minimum absolute atomic E-state index is 0.0903. The third-order valence-corrected chi connectivity index (χ3v) is 8.45. The summed E-state index contributed by atoms with van der Waals surface area (Å²) >= 11 is 0. The highest BCUT2D eigenvalue weighted by Crippen LogP contribution is 2.22. The summed E-state index contributed by atoms with van der Waals surface area (Å²) in [4.78, 5) is 13.8. The van der Waals surface area contributed by atoms with E-state index in [0.717, 1.165) is 36.0 Å². The number of carbonyl (C=O) groups is 1. The molecule has 2 aromatic carbocycles. The fourth-order valence-electron chi connectivity index (χ4n) is 5.27. The Balaban J connectivity index is 1.83. The third-order valence-electron chi connectivity index (χ3n) is 8.45. The second kappa shape index (κ2) is 23.0. The molecule has 2 aromatic rings. The predicted octanol–water partition coefficient (Wildman–Crippen LogP) is -1.94. The summed E-state index contributed by atoms with van der Waals surface area (Å²) in [5.41, 5.74) is 10.0. The minimum Gasteiger partial charge on any atom is -0.466 e. The molecule has 14 nitrogen and oxygen atoms in total. The third kappa shape index (κ3) is 15.1. The van der Waals surface area contributed by atoms with Crippen LogP contribution in [0, 0.1) is 0 Å². The number of carbonyl (C=O) groups excluding carboxylic acids is 1. The molecule has 0 saturated heterocycles. The van der Waals surface area contributed by atoms with Crippen LogP contribution in [0.2, 0.25) is 0 Å². The Morgan fingerprint density at radius 3 is 1.51 bits per heavy atom. The molecule has 0 spiro atoms. The number of hydrogen-bond acceptors (Lipinski definition) is 14. The normalized spacial score (nSPS) is 16.8. The van der Waals surface area contributed by atoms with Crippen LogP contribution in [0.25, 0.3) is 11.1 Å². The molecule has 0 heterocycles. The van der Waals surface area contributed by atoms with Crippen LogP contribution >= 0.6 is 0 Å². The van der Waals surface area contributed by atoms with Crippen molar-refractivity contribution in [3.8, 4) is 11.1 Å². The molecular weight excluding hydrogens is 640 g/mol. The first-order valence-electron chi connectivity index (χ1n) is 16.8. The van der Waals surface area contributed by atoms with Crippen molar-refractivity contribution in [1.29, 1.82) is 0 Å². The van der Waals surface area contributed by atoms with Crippen LogP contribution < -0.4 is 5.73 Å². The van der Waals surface area contributed by atoms with E-state index in [2.05, 4.69) is 24.3 Å². The number of nitrogens with two attached hydrogens (primary N) is 1. The number of aliphatic hydroxyl groups excluding tert-OH is 10. The van der Waals surface area contributed by atoms with Gasteiger partial charge < -0.3 is 61.5 Å². The predicted molar refractivity (Wildman–Crippen MR) is 181 cm³/mol. The van der Waals surface area contributed by atoms with Gasteiger partial charge in [0.15, 0.2) is 0 Å². The summed E-state index contributed by atoms with van der Waals surface area (Å²) in [6, 6.07) is 16.5. The van der Waals surface area contributed by atoms with E-state index in [0.29, 0.717) is 25.8 Å². The second-order valence-electron chi connectivity index (χ2n) is 12.4. The van der Waals surface area contributed by atoms with Gasteiger partial charge >= 0.3 is 5.97 Å². The van der Waals surface area contributed by atoms with Crippen molar-refractivity contribution >= 4 is 5.97 Å². The molecule has 0 bridgehead atoms. The Labute approximate surface area is 287 Å². The van der Waals surface area contributed by atoms with Crippen molar-refractivity contribution in [1.82, 2.24) is 4.90 Å². The molecule has 0 amide bonds. The van der Waals surface area contributed by atoms with E-state index in [1.807, 2.05) is 24.3 Å². The maximum absolute atomic E-state index is 12.4. The van der Waals surface area contributed by atoms with Gasteiger partial charge in [0, 0.05) is 19.5 Å². The molecule has 12 N–H and O–H groups in total. The monoisotopic (exact) mass is 696 g/mol. The highest BCUT2D eigenvalue weighted by molar-refractivity contribution is 5.70. The van der Waals surface area contributed by atoms with E-state index in [-0.39, 0.29) is 38.6 Å². The van der Waals surface area contributed by atoms with Gasteiger partial charge in [-0.2, -0.15) is 0 Å². The van der Waals surface area contributed by atoms with Crippen molar-refractivity contribution in [2.24, 2.45) is 5.73 Å². The zero-order chi connectivity index (χ0) is 36.3. The Hall–Kier alpha value is -2.57. The van der Waals surface area contributed by atoms with Crippen molar-refractivity contribution in [2.75, 3.05) is 46.0 Å². The number of benzene rings is 2. The van der Waals surface area contributed by atoms with Gasteiger partial charge in [0.1, 0.15) is 36.6 Å². The first-order chi connectivity index (χ1) is 23.4. The van der Waals surface area contributed by atoms with Crippen molar-refractivity contribution in [2.45, 2.75) is 93.8 Å². The number of unbranched alkanes of at least 4 members (excludes halogenated alkanes) is 2. The highest BCUT2D eigenvalue weighted by Gasteiger charge is 2.34. The lowest BCUT2D eigenvalue weighted by Crippen LogP contribution is -2.53. The maximum Gasteiger partial charge on any atom is 0.306 e. The van der Waals surface area contributed by atoms with Gasteiger partial charge in [-0.15, -0.1) is 0 Å². The molecular formula is C35H56N2O12. The van der Waals surface area contributed by atoms with Crippen molar-refractivity contribution in [3.05, 3.63) is 59.7 Å². The Kier molecular flexibility index (Phi) is 20.0. The van der Waals surface area contributed by atoms with Crippen LogP contribution in [-0.4, -0.2) is 157 Å². The van der Waals surface area contributed by atoms with E-state index < -0.39 is 62.0 Å². The zero-order valence-corrected chi connectivity index (χ0v) is 28.0. The largest absolute Gasteiger partial charge is 0.466 e. The maximum atomic E-state index is 12.4. The summed E-state index contributed by atoms with van der Waals surface area (Å²) in [7, 11) is 0. The molecule has 0 radical (unpaired) electrons. The van der Waals surface area contributed by atoms with Crippen LogP contribution in [0.4, 0.5) is 0 Å². The number of hydrogen-bond donors (Lipinski definition) is 11. The van der Waals surface area contributed by atoms with Gasteiger partial charge in [-0.1, -0.05) is 48.5 Å². The zero-order valence-electron chi connectivity index (χ0n) is 28.0. The Morgan fingerprint density at radius 1 is 0.612 bits per heavy atom. The van der Waals surface area contributed by atoms with E-state index in [4.69, 9.17) is 20.7 Å². The smallest absolute Gasteiger partial charge is 0.306 e. The van der Waals surface area contributed by atoms with Gasteiger partial charge in [-0.3, -0.25) is 9.69 Å². The van der Waals surface area contributed by atoms with Crippen molar-refractivity contribution in [3.63, 3.8) is 0 Å². The van der Waals surface area contributed by atoms with Gasteiger partial charge in [0.2, 0.25) is 0 Å². The number of nitrogens with zero attached hydrogens (tertiary/aromatic N) is 1. The minimum atomic E-state index is -1.87. The number of ether oxygens (including phenoxy) is 1. The lowest BCUT2D eigenvalue weighted by molar-refractivity contribution is -0.143. The van der Waals surface area contributed by atoms with Crippen LogP contribution in [0.3, 0.4) is 0 Å². The van der Waals surface area contributed by atoms with E-state index in [1.54, 1.807) is 0 Å². The van der Waals surface area contributed by atoms with Crippen molar-refractivity contribution < 1.29 is 60.6 Å². The number of rotatable bonds is 25. The molecule has 8 atom stereocenters. The van der Waals surface area contributed by atoms with Gasteiger partial charge in [0.05, 0.1) is 32.0 Å². The Bertz CT molecular complexity index is 1140. The average Bonchev–Trinajstić information content (AvgIpc) is 3.12. The summed E-state index contributed by atoms with van der Waals surface area (Å²) in [6.07, 6.45) is -9.69. The van der Waals surface area contributed by atoms with E-state index in [1.165, 1.54) is 10.5 Å². The number of aryl methyl sites for hydroxylation is 2. The average molecular weight is 697 g/mol. The van der Waals surface area contributed by atoms with E-state index in [9.17, 15) is 45.6 Å². The first kappa shape index (κ1) is 42.6. The molecule has 0 unspecified atom stereocenters. The molecule has 0 aliphatic heterocycles. The summed E-state index contributed by atoms with van der Waals surface area (Å²) in [5.74, 6) is -0.379. The van der Waals surface area contributed by atoms with Crippen LogP contribution in [0.15, 0.2) is 48.5 Å². The summed E-state index contributed by atoms with van der Waals surface area (Å²) in [6.45, 7) is -1.51. The van der Waals surface area contributed by atoms with Gasteiger partial charge in [0.25, 0.3) is 0 Å². The van der Waals surface area contributed by atoms with Crippen LogP contribution in [0.5, 0.6) is 0 Å². The first-order valence-corrected chi connectivity index (χ1v) is 16.8. The van der Waals surface area contributed by atoms with Crippen LogP contribution in [-0.2, 0) is 22.4 Å². The SMILES string of the molecule is NCCCCc1ccc(-c2ccc(CCC(=O)OCCCCN(C[C@H](O)[C@@H](O)[C@H](O)[C@H](O)CO)C[C@H](O)[C@@H](O)[C@H](O)[C@H](O)CO)cc2)cc1. The number of esters is 1. The van der Waals surface area contributed by atoms with Crippen LogP contribution in [0.1, 0.15) is 43.2 Å². The fraction of sp³-hybridized carbons (Fsp3) is 0.629. The standard InChI is InChI=1S/C35H56N2O12/c36-16-2-1-5-23-6-11-25(12-7-23)26-13-8-24(9-14-26)10-15-31(44)49-18-4-3-17-37(19-27(40)32(45)34(47)29(42)21-38)20-28(41)33(46)35(48)30(43)22-39/h6-9,11-14,27-30,32-35,38-43,45-48H,1-5,10,15-22,36H2/t27-,28-,29+,30+,32+,33+,34+,35+/m0/s1. The lowest BCUT2D eigenvalue weighted by atomic mass is 10.00. The molecule has 0 aliphatic carbocycles. The number of aliphatic hydroxyl groups is 10. The van der Waals surface area contributed by atoms with E-state index >= 15 is 0 Å². The lowest BCUT2D eigenvalue weighted by Gasteiger charge is -2.33. The molecule has 0 saturated carbocycles. The molecule has 278 valence electrons. The molecule has 0 aromatic heterocycles. The summed E-state index contributed by atoms with van der Waals surface area (Å²) in [5, 5.41) is 98.4. The highest BCUT2D eigenvalue weighted by atomic mass is 16.5. The van der Waals surface area contributed by atoms with Gasteiger partial charge in [-0.25, -0.2) is 0 Å².